The highest BCUT2D eigenvalue weighted by molar-refractivity contribution is 7.47. The Balaban J connectivity index is 4.48. The van der Waals surface area contributed by atoms with Crippen molar-refractivity contribution in [2.75, 3.05) is 26.4 Å². The van der Waals surface area contributed by atoms with Gasteiger partial charge in [0.2, 0.25) is 0 Å². The Bertz CT molecular complexity index is 1330. The van der Waals surface area contributed by atoms with Gasteiger partial charge in [0.05, 0.1) is 25.9 Å². The lowest BCUT2D eigenvalue weighted by atomic mass is 10.1. The molecule has 4 N–H and O–H groups in total. The lowest BCUT2D eigenvalue weighted by Crippen LogP contribution is -2.29. The van der Waals surface area contributed by atoms with Crippen LogP contribution >= 0.6 is 7.82 Å². The minimum atomic E-state index is -4.66. The molecule has 0 aromatic carbocycles. The zero-order valence-corrected chi connectivity index (χ0v) is 37.6. The first-order valence-corrected chi connectivity index (χ1v) is 23.8. The zero-order chi connectivity index (χ0) is 44.2. The highest BCUT2D eigenvalue weighted by Crippen LogP contribution is 2.43. The number of allylic oxidation sites excluding steroid dienone is 15. The number of ether oxygens (including phenoxy) is 2. The molecule has 0 aliphatic rings. The van der Waals surface area contributed by atoms with E-state index in [0.717, 1.165) is 70.6 Å². The summed E-state index contributed by atoms with van der Waals surface area (Å²) in [5, 5.41) is 28.1. The molecule has 0 saturated heterocycles. The number of unbranched alkanes of at least 4 members (excludes halogenated alkanes) is 7. The quantitative estimate of drug-likeness (QED) is 0.0200. The summed E-state index contributed by atoms with van der Waals surface area (Å²) in [7, 11) is -4.66. The van der Waals surface area contributed by atoms with Crippen molar-refractivity contribution in [1.82, 2.24) is 0 Å². The van der Waals surface area contributed by atoms with E-state index in [1.807, 2.05) is 18.2 Å². The molecular formula is C48H79O11P. The number of phosphoric ester groups is 1. The van der Waals surface area contributed by atoms with E-state index in [1.165, 1.54) is 25.7 Å². The van der Waals surface area contributed by atoms with Crippen LogP contribution < -0.4 is 0 Å². The van der Waals surface area contributed by atoms with E-state index in [4.69, 9.17) is 19.1 Å². The van der Waals surface area contributed by atoms with Crippen molar-refractivity contribution in [3.63, 3.8) is 0 Å². The van der Waals surface area contributed by atoms with Crippen molar-refractivity contribution in [3.05, 3.63) is 97.2 Å². The SMILES string of the molecule is CCCCC/C=C\C/C=C\C/C=C\C/C=C\CCCCCC(=O)O[C@H](COC(=O)CCC/C=C\C/C=C\C/C=C\C/C=C\CC(O)CCC)COP(=O)(O)OC[C@@H](O)CO. The maximum atomic E-state index is 12.6. The van der Waals surface area contributed by atoms with Gasteiger partial charge in [-0.25, -0.2) is 4.57 Å². The molecule has 0 bridgehead atoms. The lowest BCUT2D eigenvalue weighted by Gasteiger charge is -2.20. The average Bonchev–Trinajstić information content (AvgIpc) is 3.23. The number of carbonyl (C=O) groups excluding carboxylic acids is 2. The highest BCUT2D eigenvalue weighted by Gasteiger charge is 2.27. The lowest BCUT2D eigenvalue weighted by molar-refractivity contribution is -0.161. The zero-order valence-electron chi connectivity index (χ0n) is 36.7. The van der Waals surface area contributed by atoms with Crippen molar-refractivity contribution in [2.45, 2.75) is 167 Å². The van der Waals surface area contributed by atoms with Gasteiger partial charge in [-0.05, 0) is 96.3 Å². The van der Waals surface area contributed by atoms with Crippen LogP contribution in [0.4, 0.5) is 0 Å². The molecule has 0 aromatic heterocycles. The Kier molecular flexibility index (Phi) is 40.3. The molecule has 0 fully saturated rings. The van der Waals surface area contributed by atoms with Crippen LogP contribution in [0.2, 0.25) is 0 Å². The van der Waals surface area contributed by atoms with Crippen LogP contribution in [0.15, 0.2) is 97.2 Å². The molecule has 0 aliphatic carbocycles. The van der Waals surface area contributed by atoms with E-state index in [-0.39, 0.29) is 25.6 Å². The van der Waals surface area contributed by atoms with E-state index < -0.39 is 51.8 Å². The molecule has 0 aliphatic heterocycles. The summed E-state index contributed by atoms with van der Waals surface area (Å²) in [5.74, 6) is -1.06. The summed E-state index contributed by atoms with van der Waals surface area (Å²) >= 11 is 0. The Morgan fingerprint density at radius 1 is 0.533 bits per heavy atom. The van der Waals surface area contributed by atoms with E-state index in [9.17, 15) is 29.3 Å². The number of hydrogen-bond acceptors (Lipinski definition) is 10. The van der Waals surface area contributed by atoms with Gasteiger partial charge < -0.3 is 29.7 Å². The fraction of sp³-hybridized carbons (Fsp3) is 0.625. The van der Waals surface area contributed by atoms with Crippen LogP contribution in [-0.4, -0.2) is 76.9 Å². The number of rotatable bonds is 40. The van der Waals surface area contributed by atoms with E-state index in [2.05, 4.69) is 97.4 Å². The molecular weight excluding hydrogens is 783 g/mol. The smallest absolute Gasteiger partial charge is 0.462 e. The molecule has 0 amide bonds. The van der Waals surface area contributed by atoms with Crippen LogP contribution in [0.3, 0.4) is 0 Å². The van der Waals surface area contributed by atoms with Gasteiger partial charge in [-0.15, -0.1) is 0 Å². The van der Waals surface area contributed by atoms with Crippen LogP contribution in [0.5, 0.6) is 0 Å². The summed E-state index contributed by atoms with van der Waals surface area (Å²) < 4.78 is 32.6. The first kappa shape index (κ1) is 56.9. The van der Waals surface area contributed by atoms with Crippen LogP contribution in [-0.2, 0) is 32.7 Å². The third-order valence-corrected chi connectivity index (χ3v) is 9.72. The van der Waals surface area contributed by atoms with Crippen LogP contribution in [0.1, 0.15) is 149 Å². The summed E-state index contributed by atoms with van der Waals surface area (Å²) in [4.78, 5) is 35.0. The number of aliphatic hydroxyl groups excluding tert-OH is 3. The van der Waals surface area contributed by atoms with Gasteiger partial charge >= 0.3 is 19.8 Å². The second kappa shape index (κ2) is 42.5. The molecule has 0 aromatic rings. The molecule has 0 saturated carbocycles. The number of hydrogen-bond donors (Lipinski definition) is 4. The highest BCUT2D eigenvalue weighted by atomic mass is 31.2. The maximum absolute atomic E-state index is 12.6. The maximum Gasteiger partial charge on any atom is 0.472 e. The molecule has 2 unspecified atom stereocenters. The third kappa shape index (κ3) is 41.6. The van der Waals surface area contributed by atoms with Crippen LogP contribution in [0, 0.1) is 0 Å². The molecule has 60 heavy (non-hydrogen) atoms. The molecule has 0 spiro atoms. The van der Waals surface area contributed by atoms with Crippen molar-refractivity contribution in [3.8, 4) is 0 Å². The number of carbonyl (C=O) groups is 2. The molecule has 0 radical (unpaired) electrons. The van der Waals surface area contributed by atoms with Gasteiger partial charge in [0.25, 0.3) is 0 Å². The van der Waals surface area contributed by atoms with Crippen molar-refractivity contribution in [1.29, 1.82) is 0 Å². The molecule has 342 valence electrons. The molecule has 0 heterocycles. The summed E-state index contributed by atoms with van der Waals surface area (Å²) in [6.07, 6.45) is 48.6. The number of aliphatic hydroxyl groups is 3. The summed E-state index contributed by atoms with van der Waals surface area (Å²) in [6.45, 7) is 2.02. The molecule has 12 heteroatoms. The van der Waals surface area contributed by atoms with E-state index in [1.54, 1.807) is 0 Å². The largest absolute Gasteiger partial charge is 0.472 e. The van der Waals surface area contributed by atoms with E-state index in [0.29, 0.717) is 25.7 Å². The van der Waals surface area contributed by atoms with Crippen molar-refractivity contribution < 1.29 is 52.9 Å². The minimum absolute atomic E-state index is 0.122. The monoisotopic (exact) mass is 863 g/mol. The second-order valence-corrected chi connectivity index (χ2v) is 16.0. The first-order chi connectivity index (χ1) is 29.1. The number of phosphoric acid groups is 1. The van der Waals surface area contributed by atoms with Gasteiger partial charge in [0.1, 0.15) is 12.7 Å². The minimum Gasteiger partial charge on any atom is -0.462 e. The summed E-state index contributed by atoms with van der Waals surface area (Å²) in [6, 6.07) is 0. The second-order valence-electron chi connectivity index (χ2n) is 14.5. The van der Waals surface area contributed by atoms with Crippen molar-refractivity contribution in [2.24, 2.45) is 0 Å². The predicted octanol–water partition coefficient (Wildman–Crippen LogP) is 11.0. The molecule has 0 rings (SSSR count). The van der Waals surface area contributed by atoms with E-state index >= 15 is 0 Å². The van der Waals surface area contributed by atoms with Gasteiger partial charge in [-0.1, -0.05) is 137 Å². The average molecular weight is 863 g/mol. The fourth-order valence-corrected chi connectivity index (χ4v) is 6.12. The Hall–Kier alpha value is -3.15. The fourth-order valence-electron chi connectivity index (χ4n) is 5.34. The third-order valence-electron chi connectivity index (χ3n) is 8.77. The Morgan fingerprint density at radius 2 is 1.00 bits per heavy atom. The predicted molar refractivity (Wildman–Crippen MR) is 243 cm³/mol. The Morgan fingerprint density at radius 3 is 1.52 bits per heavy atom. The number of esters is 2. The first-order valence-electron chi connectivity index (χ1n) is 22.3. The summed E-state index contributed by atoms with van der Waals surface area (Å²) in [5.41, 5.74) is 0. The topological polar surface area (TPSA) is 169 Å². The molecule has 4 atom stereocenters. The van der Waals surface area contributed by atoms with Gasteiger partial charge in [0, 0.05) is 12.8 Å². The normalized spacial score (nSPS) is 15.2. The molecule has 11 nitrogen and oxygen atoms in total. The van der Waals surface area contributed by atoms with Crippen molar-refractivity contribution >= 4 is 19.8 Å². The van der Waals surface area contributed by atoms with Crippen LogP contribution in [0.25, 0.3) is 0 Å². The standard InChI is InChI=1S/C48H79O11P/c1-3-5-6-7-8-9-10-11-12-13-14-15-16-19-23-26-29-32-35-39-48(53)59-46(43-58-60(54,55)57-41-45(51)40-49)42-56-47(52)38-34-31-28-25-22-20-17-18-21-24-27-30-33-37-44(50)36-4-2/h8-9,11-12,14-15,17,19-21,23-25,28,30,33,44-46,49-51H,3-7,10,13,16,18,22,26-27,29,31-32,34-43H2,1-2H3,(H,54,55)/b9-8-,12-11-,15-14-,20-17-,23-19-,24-21-,28-25-,33-30-/t44?,45-,46+/m0/s1. The van der Waals surface area contributed by atoms with Gasteiger partial charge in [-0.3, -0.25) is 18.6 Å². The van der Waals surface area contributed by atoms with Gasteiger partial charge in [0.15, 0.2) is 6.10 Å². The Labute approximate surface area is 362 Å². The van der Waals surface area contributed by atoms with Gasteiger partial charge in [-0.2, -0.15) is 0 Å².